The first-order valence-corrected chi connectivity index (χ1v) is 7.89. The van der Waals surface area contributed by atoms with Crippen LogP contribution in [0.4, 0.5) is 0 Å². The van der Waals surface area contributed by atoms with E-state index in [1.807, 2.05) is 7.05 Å². The molecule has 0 saturated heterocycles. The van der Waals surface area contributed by atoms with E-state index in [1.54, 1.807) is 60.4 Å². The van der Waals surface area contributed by atoms with Gasteiger partial charge in [0.25, 0.3) is 5.91 Å². The molecule has 2 heterocycles. The molecule has 0 aliphatic rings. The lowest BCUT2D eigenvalue weighted by atomic mass is 10.3. The van der Waals surface area contributed by atoms with Crippen LogP contribution in [-0.4, -0.2) is 37.6 Å². The summed E-state index contributed by atoms with van der Waals surface area (Å²) in [5.41, 5.74) is 0.288. The predicted octanol–water partition coefficient (Wildman–Crippen LogP) is 2.93. The molecule has 3 aromatic rings. The Hall–Kier alpha value is -2.93. The molecule has 7 nitrogen and oxygen atoms in total. The van der Waals surface area contributed by atoms with Gasteiger partial charge in [-0.15, -0.1) is 10.2 Å². The lowest BCUT2D eigenvalue weighted by Crippen LogP contribution is -2.28. The Labute approximate surface area is 149 Å². The maximum absolute atomic E-state index is 12.6. The second kappa shape index (κ2) is 7.31. The SMILES string of the molecule is CN(Cc1nncn1C)C(=O)c1cccc(Oc2ccc(Cl)cc2)n1. The Morgan fingerprint density at radius 2 is 2.00 bits per heavy atom. The first-order valence-electron chi connectivity index (χ1n) is 7.52. The highest BCUT2D eigenvalue weighted by Gasteiger charge is 2.16. The molecule has 0 fully saturated rings. The zero-order valence-electron chi connectivity index (χ0n) is 13.8. The van der Waals surface area contributed by atoms with Gasteiger partial charge in [0, 0.05) is 25.2 Å². The van der Waals surface area contributed by atoms with Crippen LogP contribution in [0, 0.1) is 0 Å². The molecule has 1 aromatic carbocycles. The standard InChI is InChI=1S/C17H16ClN5O2/c1-22(10-15-21-19-11-23(15)2)17(24)14-4-3-5-16(20-14)25-13-8-6-12(18)7-9-13/h3-9,11H,10H2,1-2H3. The topological polar surface area (TPSA) is 73.1 Å². The fourth-order valence-electron chi connectivity index (χ4n) is 2.14. The van der Waals surface area contributed by atoms with Crippen LogP contribution >= 0.6 is 11.6 Å². The summed E-state index contributed by atoms with van der Waals surface area (Å²) in [7, 11) is 3.51. The van der Waals surface area contributed by atoms with E-state index < -0.39 is 0 Å². The maximum atomic E-state index is 12.6. The molecular formula is C17H16ClN5O2. The second-order valence-corrected chi connectivity index (χ2v) is 5.87. The largest absolute Gasteiger partial charge is 0.439 e. The summed E-state index contributed by atoms with van der Waals surface area (Å²) in [6.07, 6.45) is 1.59. The van der Waals surface area contributed by atoms with Crippen molar-refractivity contribution in [2.24, 2.45) is 7.05 Å². The Bertz CT molecular complexity index is 879. The third-order valence-electron chi connectivity index (χ3n) is 3.51. The van der Waals surface area contributed by atoms with Gasteiger partial charge in [-0.1, -0.05) is 17.7 Å². The molecule has 0 aliphatic carbocycles. The van der Waals surface area contributed by atoms with Crippen molar-refractivity contribution in [3.8, 4) is 11.6 Å². The van der Waals surface area contributed by atoms with Crippen molar-refractivity contribution in [3.63, 3.8) is 0 Å². The molecule has 3 rings (SSSR count). The highest BCUT2D eigenvalue weighted by molar-refractivity contribution is 6.30. The predicted molar refractivity (Wildman–Crippen MR) is 92.6 cm³/mol. The van der Waals surface area contributed by atoms with E-state index in [4.69, 9.17) is 16.3 Å². The maximum Gasteiger partial charge on any atom is 0.272 e. The van der Waals surface area contributed by atoms with Crippen molar-refractivity contribution in [1.29, 1.82) is 0 Å². The summed E-state index contributed by atoms with van der Waals surface area (Å²) < 4.78 is 7.42. The van der Waals surface area contributed by atoms with Gasteiger partial charge in [-0.05, 0) is 30.3 Å². The number of carbonyl (C=O) groups is 1. The second-order valence-electron chi connectivity index (χ2n) is 5.44. The van der Waals surface area contributed by atoms with Gasteiger partial charge in [0.2, 0.25) is 5.88 Å². The van der Waals surface area contributed by atoms with E-state index in [1.165, 1.54) is 4.90 Å². The van der Waals surface area contributed by atoms with E-state index in [-0.39, 0.29) is 11.6 Å². The third kappa shape index (κ3) is 4.13. The molecule has 0 bridgehead atoms. The minimum absolute atomic E-state index is 0.232. The highest BCUT2D eigenvalue weighted by Crippen LogP contribution is 2.21. The minimum Gasteiger partial charge on any atom is -0.439 e. The number of rotatable bonds is 5. The Balaban J connectivity index is 1.72. The molecule has 0 radical (unpaired) electrons. The normalized spacial score (nSPS) is 10.5. The number of aryl methyl sites for hydroxylation is 1. The van der Waals surface area contributed by atoms with E-state index >= 15 is 0 Å². The number of ether oxygens (including phenoxy) is 1. The van der Waals surface area contributed by atoms with E-state index in [9.17, 15) is 4.79 Å². The number of hydrogen-bond acceptors (Lipinski definition) is 5. The van der Waals surface area contributed by atoms with Gasteiger partial charge in [-0.25, -0.2) is 4.98 Å². The number of halogens is 1. The lowest BCUT2D eigenvalue weighted by molar-refractivity contribution is 0.0773. The quantitative estimate of drug-likeness (QED) is 0.702. The van der Waals surface area contributed by atoms with Crippen LogP contribution < -0.4 is 4.74 Å². The van der Waals surface area contributed by atoms with Crippen molar-refractivity contribution >= 4 is 17.5 Å². The van der Waals surface area contributed by atoms with Gasteiger partial charge in [0.1, 0.15) is 17.8 Å². The fourth-order valence-corrected chi connectivity index (χ4v) is 2.27. The number of carbonyl (C=O) groups excluding carboxylic acids is 1. The molecular weight excluding hydrogens is 342 g/mol. The smallest absolute Gasteiger partial charge is 0.272 e. The zero-order chi connectivity index (χ0) is 17.8. The molecule has 0 N–H and O–H groups in total. The van der Waals surface area contributed by atoms with Gasteiger partial charge in [-0.2, -0.15) is 0 Å². The first-order chi connectivity index (χ1) is 12.0. The van der Waals surface area contributed by atoms with E-state index in [2.05, 4.69) is 15.2 Å². The molecule has 128 valence electrons. The van der Waals surface area contributed by atoms with Crippen LogP contribution in [0.5, 0.6) is 11.6 Å². The summed E-state index contributed by atoms with van der Waals surface area (Å²) >= 11 is 5.85. The van der Waals surface area contributed by atoms with Crippen LogP contribution in [0.1, 0.15) is 16.3 Å². The monoisotopic (exact) mass is 357 g/mol. The van der Waals surface area contributed by atoms with Gasteiger partial charge < -0.3 is 14.2 Å². The van der Waals surface area contributed by atoms with Crippen molar-refractivity contribution in [2.45, 2.75) is 6.54 Å². The molecule has 0 aliphatic heterocycles. The molecule has 0 atom stereocenters. The summed E-state index contributed by atoms with van der Waals surface area (Å²) in [5.74, 6) is 1.38. The third-order valence-corrected chi connectivity index (χ3v) is 3.76. The van der Waals surface area contributed by atoms with Gasteiger partial charge in [-0.3, -0.25) is 4.79 Å². The van der Waals surface area contributed by atoms with Gasteiger partial charge >= 0.3 is 0 Å². The average molecular weight is 358 g/mol. The minimum atomic E-state index is -0.232. The Morgan fingerprint density at radius 3 is 2.68 bits per heavy atom. The molecule has 25 heavy (non-hydrogen) atoms. The van der Waals surface area contributed by atoms with Crippen LogP contribution in [0.15, 0.2) is 48.8 Å². The molecule has 0 unspecified atom stereocenters. The number of benzene rings is 1. The summed E-state index contributed by atoms with van der Waals surface area (Å²) in [6, 6.07) is 12.0. The summed E-state index contributed by atoms with van der Waals surface area (Å²) in [6.45, 7) is 0.333. The number of aromatic nitrogens is 4. The number of amides is 1. The molecule has 2 aromatic heterocycles. The number of pyridine rings is 1. The van der Waals surface area contributed by atoms with E-state index in [0.717, 1.165) is 0 Å². The number of hydrogen-bond donors (Lipinski definition) is 0. The Morgan fingerprint density at radius 1 is 1.24 bits per heavy atom. The lowest BCUT2D eigenvalue weighted by Gasteiger charge is -2.16. The molecule has 8 heteroatoms. The van der Waals surface area contributed by atoms with Crippen molar-refractivity contribution < 1.29 is 9.53 Å². The highest BCUT2D eigenvalue weighted by atomic mass is 35.5. The fraction of sp³-hybridized carbons (Fsp3) is 0.176. The van der Waals surface area contributed by atoms with E-state index in [0.29, 0.717) is 29.0 Å². The molecule has 0 saturated carbocycles. The summed E-state index contributed by atoms with van der Waals surface area (Å²) in [4.78, 5) is 18.4. The van der Waals surface area contributed by atoms with Crippen LogP contribution in [0.2, 0.25) is 5.02 Å². The van der Waals surface area contributed by atoms with Crippen LogP contribution in [-0.2, 0) is 13.6 Å². The van der Waals surface area contributed by atoms with Gasteiger partial charge in [0.15, 0.2) is 5.82 Å². The summed E-state index contributed by atoms with van der Waals surface area (Å²) in [5, 5.41) is 8.40. The zero-order valence-corrected chi connectivity index (χ0v) is 14.5. The van der Waals surface area contributed by atoms with Crippen LogP contribution in [0.3, 0.4) is 0 Å². The Kier molecular flexibility index (Phi) is 4.95. The average Bonchev–Trinajstić information content (AvgIpc) is 3.01. The molecule has 0 spiro atoms. The number of nitrogens with zero attached hydrogens (tertiary/aromatic N) is 5. The van der Waals surface area contributed by atoms with Gasteiger partial charge in [0.05, 0.1) is 6.54 Å². The van der Waals surface area contributed by atoms with Crippen molar-refractivity contribution in [3.05, 3.63) is 65.3 Å². The van der Waals surface area contributed by atoms with Crippen LogP contribution in [0.25, 0.3) is 0 Å². The first kappa shape index (κ1) is 16.9. The van der Waals surface area contributed by atoms with Crippen molar-refractivity contribution in [2.75, 3.05) is 7.05 Å². The van der Waals surface area contributed by atoms with Crippen molar-refractivity contribution in [1.82, 2.24) is 24.6 Å². The molecule has 1 amide bonds.